The first-order chi connectivity index (χ1) is 6.06. The van der Waals surface area contributed by atoms with E-state index < -0.39 is 0 Å². The fourth-order valence-corrected chi connectivity index (χ4v) is 3.86. The summed E-state index contributed by atoms with van der Waals surface area (Å²) in [5.74, 6) is 0. The second-order valence-corrected chi connectivity index (χ2v) is 7.25. The van der Waals surface area contributed by atoms with Crippen LogP contribution in [0.25, 0.3) is 0 Å². The highest BCUT2D eigenvalue weighted by Gasteiger charge is 2.45. The maximum absolute atomic E-state index is 2.41. The van der Waals surface area contributed by atoms with E-state index in [1.807, 2.05) is 0 Å². The van der Waals surface area contributed by atoms with Crippen molar-refractivity contribution in [2.75, 3.05) is 14.1 Å². The van der Waals surface area contributed by atoms with Gasteiger partial charge in [-0.3, -0.25) is 0 Å². The van der Waals surface area contributed by atoms with E-state index in [0.717, 1.165) is 0 Å². The van der Waals surface area contributed by atoms with E-state index in [2.05, 4.69) is 53.6 Å². The monoisotopic (exact) mass is 197 g/mol. The molecule has 0 aliphatic heterocycles. The van der Waals surface area contributed by atoms with Gasteiger partial charge in [0.2, 0.25) is 0 Å². The smallest absolute Gasteiger partial charge is 0.0185 e. The van der Waals surface area contributed by atoms with Crippen LogP contribution in [0, 0.1) is 10.8 Å². The molecule has 0 spiro atoms. The summed E-state index contributed by atoms with van der Waals surface area (Å²) in [5, 5.41) is 0. The van der Waals surface area contributed by atoms with E-state index in [9.17, 15) is 0 Å². The molecule has 1 heteroatoms. The SMILES string of the molecule is CN(C)C1(C)CC(C)(C)CC(C)(C)C1. The molecule has 14 heavy (non-hydrogen) atoms. The van der Waals surface area contributed by atoms with Gasteiger partial charge in [-0.05, 0) is 51.1 Å². The summed E-state index contributed by atoms with van der Waals surface area (Å²) in [6.07, 6.45) is 3.98. The minimum Gasteiger partial charge on any atom is -0.304 e. The number of hydrogen-bond acceptors (Lipinski definition) is 1. The van der Waals surface area contributed by atoms with Crippen LogP contribution in [0.4, 0.5) is 0 Å². The van der Waals surface area contributed by atoms with Crippen molar-refractivity contribution in [2.45, 2.75) is 59.4 Å². The Labute approximate surface area is 89.9 Å². The predicted octanol–water partition coefficient (Wildman–Crippen LogP) is 3.54. The third-order valence-electron chi connectivity index (χ3n) is 3.76. The van der Waals surface area contributed by atoms with Crippen molar-refractivity contribution in [2.24, 2.45) is 10.8 Å². The molecule has 0 saturated heterocycles. The van der Waals surface area contributed by atoms with Crippen molar-refractivity contribution >= 4 is 0 Å². The van der Waals surface area contributed by atoms with Crippen LogP contribution < -0.4 is 0 Å². The lowest BCUT2D eigenvalue weighted by molar-refractivity contribution is -0.0152. The van der Waals surface area contributed by atoms with Crippen LogP contribution in [0.15, 0.2) is 0 Å². The van der Waals surface area contributed by atoms with Crippen LogP contribution in [0.3, 0.4) is 0 Å². The normalized spacial score (nSPS) is 29.1. The second-order valence-electron chi connectivity index (χ2n) is 7.25. The molecule has 0 aromatic heterocycles. The maximum Gasteiger partial charge on any atom is 0.0185 e. The summed E-state index contributed by atoms with van der Waals surface area (Å²) in [6, 6.07) is 0. The average Bonchev–Trinajstić information content (AvgIpc) is 1.76. The zero-order valence-corrected chi connectivity index (χ0v) is 11.1. The van der Waals surface area contributed by atoms with Gasteiger partial charge < -0.3 is 4.90 Å². The molecule has 0 heterocycles. The first-order valence-corrected chi connectivity index (χ1v) is 5.74. The zero-order valence-electron chi connectivity index (χ0n) is 11.1. The van der Waals surface area contributed by atoms with Crippen molar-refractivity contribution in [3.63, 3.8) is 0 Å². The maximum atomic E-state index is 2.41. The van der Waals surface area contributed by atoms with E-state index in [0.29, 0.717) is 16.4 Å². The quantitative estimate of drug-likeness (QED) is 0.621. The van der Waals surface area contributed by atoms with Crippen molar-refractivity contribution in [3.8, 4) is 0 Å². The van der Waals surface area contributed by atoms with Crippen LogP contribution >= 0.6 is 0 Å². The van der Waals surface area contributed by atoms with Crippen LogP contribution in [0.2, 0.25) is 0 Å². The molecule has 0 N–H and O–H groups in total. The molecule has 0 radical (unpaired) electrons. The van der Waals surface area contributed by atoms with Gasteiger partial charge >= 0.3 is 0 Å². The van der Waals surface area contributed by atoms with Gasteiger partial charge in [0.05, 0.1) is 0 Å². The summed E-state index contributed by atoms with van der Waals surface area (Å²) in [6.45, 7) is 12.1. The molecular weight excluding hydrogens is 170 g/mol. The number of rotatable bonds is 1. The fourth-order valence-electron chi connectivity index (χ4n) is 3.86. The summed E-state index contributed by atoms with van der Waals surface area (Å²) in [4.78, 5) is 2.41. The Bertz CT molecular complexity index is 197. The largest absolute Gasteiger partial charge is 0.304 e. The molecule has 0 bridgehead atoms. The lowest BCUT2D eigenvalue weighted by Gasteiger charge is -2.53. The van der Waals surface area contributed by atoms with Gasteiger partial charge in [-0.25, -0.2) is 0 Å². The van der Waals surface area contributed by atoms with Crippen molar-refractivity contribution in [1.82, 2.24) is 4.90 Å². The van der Waals surface area contributed by atoms with E-state index in [4.69, 9.17) is 0 Å². The molecule has 0 aromatic rings. The lowest BCUT2D eigenvalue weighted by Crippen LogP contribution is -2.52. The van der Waals surface area contributed by atoms with Crippen molar-refractivity contribution in [1.29, 1.82) is 0 Å². The average molecular weight is 197 g/mol. The Morgan fingerprint density at radius 1 is 0.714 bits per heavy atom. The van der Waals surface area contributed by atoms with E-state index in [1.54, 1.807) is 0 Å². The molecule has 0 aromatic carbocycles. The molecule has 1 nitrogen and oxygen atoms in total. The topological polar surface area (TPSA) is 3.24 Å². The molecule has 1 rings (SSSR count). The fraction of sp³-hybridized carbons (Fsp3) is 1.00. The molecular formula is C13H27N. The van der Waals surface area contributed by atoms with Crippen LogP contribution in [0.1, 0.15) is 53.9 Å². The van der Waals surface area contributed by atoms with Gasteiger partial charge in [0.1, 0.15) is 0 Å². The first kappa shape index (κ1) is 12.0. The zero-order chi connectivity index (χ0) is 11.2. The molecule has 1 aliphatic rings. The minimum atomic E-state index is 0.380. The second kappa shape index (κ2) is 3.23. The summed E-state index contributed by atoms with van der Waals surface area (Å²) < 4.78 is 0. The number of nitrogens with zero attached hydrogens (tertiary/aromatic N) is 1. The standard InChI is InChI=1S/C13H27N/c1-11(2)8-12(3,4)10-13(5,9-11)14(6)7/h8-10H2,1-7H3. The Morgan fingerprint density at radius 2 is 1.07 bits per heavy atom. The highest BCUT2D eigenvalue weighted by molar-refractivity contribution is 4.99. The molecule has 1 fully saturated rings. The van der Waals surface area contributed by atoms with Gasteiger partial charge in [-0.1, -0.05) is 27.7 Å². The molecule has 0 amide bonds. The third kappa shape index (κ3) is 2.50. The minimum absolute atomic E-state index is 0.380. The van der Waals surface area contributed by atoms with Crippen LogP contribution in [0.5, 0.6) is 0 Å². The van der Waals surface area contributed by atoms with Crippen LogP contribution in [-0.4, -0.2) is 24.5 Å². The van der Waals surface area contributed by atoms with Crippen molar-refractivity contribution < 1.29 is 0 Å². The van der Waals surface area contributed by atoms with E-state index in [-0.39, 0.29) is 0 Å². The summed E-state index contributed by atoms with van der Waals surface area (Å²) in [5.41, 5.74) is 1.35. The molecule has 1 saturated carbocycles. The van der Waals surface area contributed by atoms with Gasteiger partial charge in [-0.2, -0.15) is 0 Å². The Hall–Kier alpha value is -0.0400. The highest BCUT2D eigenvalue weighted by atomic mass is 15.1. The lowest BCUT2D eigenvalue weighted by atomic mass is 9.58. The number of hydrogen-bond donors (Lipinski definition) is 0. The molecule has 0 atom stereocenters. The predicted molar refractivity (Wildman–Crippen MR) is 63.5 cm³/mol. The molecule has 1 aliphatic carbocycles. The van der Waals surface area contributed by atoms with Gasteiger partial charge in [0, 0.05) is 5.54 Å². The molecule has 0 unspecified atom stereocenters. The molecule has 84 valence electrons. The van der Waals surface area contributed by atoms with Crippen LogP contribution in [-0.2, 0) is 0 Å². The summed E-state index contributed by atoms with van der Waals surface area (Å²) in [7, 11) is 4.44. The summed E-state index contributed by atoms with van der Waals surface area (Å²) >= 11 is 0. The van der Waals surface area contributed by atoms with Gasteiger partial charge in [0.15, 0.2) is 0 Å². The van der Waals surface area contributed by atoms with E-state index in [1.165, 1.54) is 19.3 Å². The van der Waals surface area contributed by atoms with Gasteiger partial charge in [0.25, 0.3) is 0 Å². The van der Waals surface area contributed by atoms with Gasteiger partial charge in [-0.15, -0.1) is 0 Å². The Morgan fingerprint density at radius 3 is 1.36 bits per heavy atom. The van der Waals surface area contributed by atoms with E-state index >= 15 is 0 Å². The van der Waals surface area contributed by atoms with Crippen molar-refractivity contribution in [3.05, 3.63) is 0 Å². The Balaban J connectivity index is 2.92. The third-order valence-corrected chi connectivity index (χ3v) is 3.76. The Kier molecular flexibility index (Phi) is 2.78. The highest BCUT2D eigenvalue weighted by Crippen LogP contribution is 2.51. The first-order valence-electron chi connectivity index (χ1n) is 5.74.